The zero-order valence-corrected chi connectivity index (χ0v) is 40.1. The molecule has 4 heterocycles. The van der Waals surface area contributed by atoms with Crippen LogP contribution in [0.2, 0.25) is 0 Å². The van der Waals surface area contributed by atoms with Gasteiger partial charge in [-0.3, -0.25) is 18.7 Å². The summed E-state index contributed by atoms with van der Waals surface area (Å²) in [5.41, 5.74) is 10.5. The van der Waals surface area contributed by atoms with Gasteiger partial charge in [0.25, 0.3) is 5.91 Å². The number of nitrogen functional groups attached to an aromatic ring is 1. The number of fused-ring (bicyclic) bond motifs is 3. The van der Waals surface area contributed by atoms with E-state index in [1.54, 1.807) is 23.3 Å². The fourth-order valence-electron chi connectivity index (χ4n) is 7.62. The first-order chi connectivity index (χ1) is 32.2. The number of rotatable bonds is 17. The number of phosphoric ester groups is 1. The molecule has 1 fully saturated rings. The van der Waals surface area contributed by atoms with E-state index in [4.69, 9.17) is 29.5 Å². The number of benzene rings is 3. The Balaban J connectivity index is 0.943. The molecule has 2 aliphatic heterocycles. The van der Waals surface area contributed by atoms with Crippen LogP contribution in [0.3, 0.4) is 0 Å². The smallest absolute Gasteiger partial charge is 0.440 e. The second kappa shape index (κ2) is 20.8. The van der Waals surface area contributed by atoms with Gasteiger partial charge >= 0.3 is 21.7 Å². The third-order valence-corrected chi connectivity index (χ3v) is 14.2. The summed E-state index contributed by atoms with van der Waals surface area (Å²) in [6.45, 7) is -0.846. The van der Waals surface area contributed by atoms with Crippen LogP contribution in [0.5, 0.6) is 0 Å². The molecule has 23 nitrogen and oxygen atoms in total. The summed E-state index contributed by atoms with van der Waals surface area (Å²) < 4.78 is 47.5. The van der Waals surface area contributed by atoms with Crippen molar-refractivity contribution in [2.24, 2.45) is 0 Å². The van der Waals surface area contributed by atoms with E-state index in [0.717, 1.165) is 49.0 Å². The van der Waals surface area contributed by atoms with Gasteiger partial charge in [-0.15, -0.1) is 11.3 Å². The van der Waals surface area contributed by atoms with Gasteiger partial charge < -0.3 is 55.4 Å². The number of ether oxygens (including phenoxy) is 2. The minimum atomic E-state index is -5.47. The first-order valence-corrected chi connectivity index (χ1v) is 24.8. The predicted molar refractivity (Wildman–Crippen MR) is 251 cm³/mol. The Bertz CT molecular complexity index is 3000. The van der Waals surface area contributed by atoms with E-state index < -0.39 is 52.9 Å². The molecule has 362 valence electrons. The fourth-order valence-corrected chi connectivity index (χ4v) is 10.4. The average Bonchev–Trinajstić information content (AvgIpc) is 3.85. The van der Waals surface area contributed by atoms with Crippen molar-refractivity contribution in [1.29, 1.82) is 0 Å². The number of nitrogens with zero attached hydrogens (tertiary/aromatic N) is 7. The molecular weight excluding hydrogens is 947 g/mol. The number of imidazole rings is 1. The molecule has 1 aliphatic carbocycles. The minimum Gasteiger partial charge on any atom is -0.440 e. The number of aromatic nitrogens is 4. The Kier molecular flexibility index (Phi) is 15.3. The van der Waals surface area contributed by atoms with E-state index in [0.29, 0.717) is 12.0 Å². The Hall–Kier alpha value is -5.91. The normalized spacial score (nSPS) is 18.1. The molecule has 0 saturated carbocycles. The summed E-state index contributed by atoms with van der Waals surface area (Å²) in [5, 5.41) is 18.5. The summed E-state index contributed by atoms with van der Waals surface area (Å²) in [6, 6.07) is 20.2. The number of anilines is 2. The second-order valence-electron chi connectivity index (χ2n) is 16.1. The highest BCUT2D eigenvalue weighted by atomic mass is 32.1. The molecule has 2 aromatic carbocycles. The molecule has 68 heavy (non-hydrogen) atoms. The molecule has 3 amide bonds. The quantitative estimate of drug-likeness (QED) is 0.0299. The van der Waals surface area contributed by atoms with E-state index >= 15 is 0 Å². The van der Waals surface area contributed by atoms with Crippen molar-refractivity contribution in [3.05, 3.63) is 84.2 Å². The summed E-state index contributed by atoms with van der Waals surface area (Å²) in [6.07, 6.45) is -4.53. The van der Waals surface area contributed by atoms with Crippen molar-refractivity contribution < 1.29 is 61.6 Å². The molecule has 0 spiro atoms. The average molecular weight is 998 g/mol. The zero-order chi connectivity index (χ0) is 49.1. The van der Waals surface area contributed by atoms with Gasteiger partial charge in [-0.1, -0.05) is 24.3 Å². The summed E-state index contributed by atoms with van der Waals surface area (Å²) in [4.78, 5) is 84.5. The number of nitrogens with two attached hydrogens (primary N) is 1. The number of amides is 3. The van der Waals surface area contributed by atoms with Crippen LogP contribution in [-0.2, 0) is 32.2 Å². The summed E-state index contributed by atoms with van der Waals surface area (Å²) in [5.74, 6) is -0.537. The highest BCUT2D eigenvalue weighted by molar-refractivity contribution is 7.60. The van der Waals surface area contributed by atoms with Crippen LogP contribution in [0.1, 0.15) is 29.4 Å². The molecule has 5 atom stereocenters. The molecule has 1 unspecified atom stereocenters. The number of phosphoric acid groups is 2. The van der Waals surface area contributed by atoms with Crippen LogP contribution in [0.25, 0.3) is 42.8 Å². The lowest BCUT2D eigenvalue weighted by Gasteiger charge is -2.22. The number of alkyl carbamates (subject to hydrolysis) is 1. The third kappa shape index (κ3) is 11.5. The largest absolute Gasteiger partial charge is 0.481 e. The van der Waals surface area contributed by atoms with Gasteiger partial charge in [0, 0.05) is 91.1 Å². The molecule has 0 radical (unpaired) electrons. The Labute approximate surface area is 393 Å². The van der Waals surface area contributed by atoms with Crippen LogP contribution < -0.4 is 31.2 Å². The number of hydrogen-bond donors (Lipinski definition) is 7. The summed E-state index contributed by atoms with van der Waals surface area (Å²) in [7, 11) is -1.16. The van der Waals surface area contributed by atoms with Crippen molar-refractivity contribution in [1.82, 2.24) is 39.6 Å². The molecule has 1 saturated heterocycles. The highest BCUT2D eigenvalue weighted by Crippen LogP contribution is 2.58. The maximum atomic E-state index is 14.1. The van der Waals surface area contributed by atoms with E-state index in [2.05, 4.69) is 75.8 Å². The van der Waals surface area contributed by atoms with E-state index in [9.17, 15) is 33.5 Å². The van der Waals surface area contributed by atoms with Crippen molar-refractivity contribution in [3.8, 4) is 21.6 Å². The standard InChI is InChI=1S/C42H50N10O13P2S/c1-49(2)24-12-14-28-31(19-24)68-32-20-25(50(3)4)13-15-29(32)34(28)26-9-6-7-10-27(26)40(55)51(5)18-8-11-33(53)44-16-17-45-42(56)64-37-30(21-62-67(60,61)65-66(57,58)59)63-41(36(37)54)52-23-48-35-38(43)46-22-47-39(35)52/h6-7,9-10,12-15,19-20,22-23,30,36-37,41,54H,8,11,16-18,21H2,1-5H3,(H6-,43,44,45,46,47,53,56,57,58,59,60,61)/p+1/t30-,36-,37-,41-/m1/s1. The van der Waals surface area contributed by atoms with E-state index in [1.165, 1.54) is 10.9 Å². The number of nitrogens with one attached hydrogen (secondary N) is 2. The molecule has 7 rings (SSSR count). The lowest BCUT2D eigenvalue weighted by molar-refractivity contribution is -0.121. The topological polar surface area (TPSA) is 306 Å². The van der Waals surface area contributed by atoms with Crippen LogP contribution >= 0.6 is 27.0 Å². The molecular formula is C42H51N10O13P2S+. The van der Waals surface area contributed by atoms with Crippen LogP contribution in [-0.4, -0.2) is 142 Å². The first kappa shape index (κ1) is 50.0. The zero-order valence-electron chi connectivity index (χ0n) is 37.5. The lowest BCUT2D eigenvalue weighted by atomic mass is 9.91. The first-order valence-electron chi connectivity index (χ1n) is 21.0. The Morgan fingerprint density at radius 2 is 1.72 bits per heavy atom. The van der Waals surface area contributed by atoms with Gasteiger partial charge in [0.1, 0.15) is 38.1 Å². The van der Waals surface area contributed by atoms with Crippen LogP contribution in [0, 0.1) is 0 Å². The fraction of sp³-hybridized carbons (Fsp3) is 0.357. The monoisotopic (exact) mass is 997 g/mol. The van der Waals surface area contributed by atoms with E-state index in [1.807, 2.05) is 52.5 Å². The Morgan fingerprint density at radius 1 is 0.971 bits per heavy atom. The lowest BCUT2D eigenvalue weighted by Crippen LogP contribution is -2.42. The molecule has 4 aromatic rings. The maximum absolute atomic E-state index is 14.1. The molecule has 3 aliphatic rings. The van der Waals surface area contributed by atoms with Gasteiger partial charge in [0.05, 0.1) is 12.9 Å². The Morgan fingerprint density at radius 3 is 2.46 bits per heavy atom. The SMILES string of the molecule is CN(CCCC(=O)NCCNC(=O)O[C@H]1[C@@H](O)[C@H](n2cnc3c(N)ncnc32)O[C@@H]1COP(=O)(O)OP(=O)(O)O)C(=O)c1ccccc1-c1c2ccc(=[N+](C)C)cc-2sc2cc(N(C)C)ccc12. The van der Waals surface area contributed by atoms with Gasteiger partial charge in [0.2, 0.25) is 11.3 Å². The van der Waals surface area contributed by atoms with Gasteiger partial charge in [-0.05, 0) is 41.8 Å². The number of aliphatic hydroxyl groups is 1. The van der Waals surface area contributed by atoms with Crippen molar-refractivity contribution in [2.45, 2.75) is 37.4 Å². The second-order valence-corrected chi connectivity index (χ2v) is 20.0. The van der Waals surface area contributed by atoms with Crippen molar-refractivity contribution >= 4 is 77.6 Å². The van der Waals surface area contributed by atoms with Crippen molar-refractivity contribution in [3.63, 3.8) is 0 Å². The third-order valence-electron chi connectivity index (χ3n) is 10.9. The number of carbonyl (C=O) groups excluding carboxylic acids is 3. The van der Waals surface area contributed by atoms with Gasteiger partial charge in [0.15, 0.2) is 23.8 Å². The molecule has 8 N–H and O–H groups in total. The molecule has 2 aromatic heterocycles. The number of carbonyl (C=O) groups is 3. The molecule has 26 heteroatoms. The predicted octanol–water partition coefficient (Wildman–Crippen LogP) is 2.74. The van der Waals surface area contributed by atoms with Crippen LogP contribution in [0.4, 0.5) is 16.3 Å². The highest BCUT2D eigenvalue weighted by Gasteiger charge is 2.49. The van der Waals surface area contributed by atoms with Crippen molar-refractivity contribution in [2.75, 3.05) is 72.1 Å². The van der Waals surface area contributed by atoms with Crippen LogP contribution in [0.15, 0.2) is 73.3 Å². The number of hydrogen-bond acceptors (Lipinski definition) is 16. The minimum absolute atomic E-state index is 0.0147. The number of aliphatic hydroxyl groups excluding tert-OH is 1. The van der Waals surface area contributed by atoms with E-state index in [-0.39, 0.29) is 54.9 Å². The summed E-state index contributed by atoms with van der Waals surface area (Å²) >= 11 is 1.70. The van der Waals surface area contributed by atoms with Gasteiger partial charge in [-0.2, -0.15) is 4.31 Å². The van der Waals surface area contributed by atoms with Gasteiger partial charge in [-0.25, -0.2) is 33.5 Å². The molecule has 0 bridgehead atoms. The maximum Gasteiger partial charge on any atom is 0.481 e.